The zero-order chi connectivity index (χ0) is 17.5. The monoisotopic (exact) mass is 339 g/mol. The maximum absolute atomic E-state index is 12.4. The topological polar surface area (TPSA) is 73.7 Å². The van der Waals surface area contributed by atoms with Crippen molar-refractivity contribution in [2.45, 2.75) is 6.18 Å². The minimum atomic E-state index is -4.54. The molecule has 1 saturated heterocycles. The Morgan fingerprint density at radius 3 is 2.71 bits per heavy atom. The molecule has 2 aromatic rings. The lowest BCUT2D eigenvalue weighted by Crippen LogP contribution is -2.37. The summed E-state index contributed by atoms with van der Waals surface area (Å²) in [7, 11) is 0. The fraction of sp³-hybridized carbons (Fsp3) is 0.267. The zero-order valence-corrected chi connectivity index (χ0v) is 12.2. The van der Waals surface area contributed by atoms with Crippen LogP contribution in [0.3, 0.4) is 0 Å². The van der Waals surface area contributed by atoms with Gasteiger partial charge in [-0.3, -0.25) is 9.59 Å². The fourth-order valence-electron chi connectivity index (χ4n) is 2.54. The summed E-state index contributed by atoms with van der Waals surface area (Å²) in [5, 5.41) is 11.2. The van der Waals surface area contributed by atoms with E-state index in [1.54, 1.807) is 24.3 Å². The van der Waals surface area contributed by atoms with Gasteiger partial charge in [-0.15, -0.1) is 0 Å². The average molecular weight is 339 g/mol. The highest BCUT2D eigenvalue weighted by atomic mass is 19.4. The van der Waals surface area contributed by atoms with Crippen molar-refractivity contribution in [1.29, 1.82) is 0 Å². The lowest BCUT2D eigenvalue weighted by atomic mass is 10.1. The first-order chi connectivity index (χ1) is 11.3. The number of pyridine rings is 1. The number of halogens is 3. The number of carbonyl (C=O) groups excluding carboxylic acids is 2. The van der Waals surface area contributed by atoms with E-state index in [9.17, 15) is 27.9 Å². The number of carbonyl (C=O) groups is 2. The van der Waals surface area contributed by atoms with Crippen molar-refractivity contribution in [3.63, 3.8) is 0 Å². The Hall–Kier alpha value is -2.84. The van der Waals surface area contributed by atoms with Gasteiger partial charge in [-0.1, -0.05) is 24.3 Å². The second-order valence-corrected chi connectivity index (χ2v) is 5.39. The van der Waals surface area contributed by atoms with Crippen LogP contribution in [0.15, 0.2) is 30.5 Å². The maximum Gasteiger partial charge on any atom is 0.406 e. The molecule has 2 heterocycles. The van der Waals surface area contributed by atoms with E-state index in [1.165, 1.54) is 6.20 Å². The Morgan fingerprint density at radius 2 is 2.00 bits per heavy atom. The first-order valence-electron chi connectivity index (χ1n) is 6.97. The van der Waals surface area contributed by atoms with Crippen LogP contribution >= 0.6 is 0 Å². The highest BCUT2D eigenvalue weighted by Gasteiger charge is 2.39. The molecular weight excluding hydrogens is 327 g/mol. The minimum absolute atomic E-state index is 0.296. The Bertz CT molecular complexity index is 822. The van der Waals surface area contributed by atoms with Gasteiger partial charge in [0.05, 0.1) is 6.67 Å². The van der Waals surface area contributed by atoms with Gasteiger partial charge in [-0.2, -0.15) is 13.2 Å². The maximum atomic E-state index is 12.4. The zero-order valence-electron chi connectivity index (χ0n) is 12.2. The summed E-state index contributed by atoms with van der Waals surface area (Å²) in [4.78, 5) is 29.4. The summed E-state index contributed by atoms with van der Waals surface area (Å²) in [6.07, 6.45) is -3.16. The molecular formula is C15H12F3N3O3. The van der Waals surface area contributed by atoms with Gasteiger partial charge in [0.1, 0.15) is 13.1 Å². The van der Waals surface area contributed by atoms with E-state index in [0.717, 1.165) is 4.90 Å². The van der Waals surface area contributed by atoms with Crippen LogP contribution in [-0.4, -0.2) is 57.6 Å². The van der Waals surface area contributed by atoms with Crippen molar-refractivity contribution < 1.29 is 27.9 Å². The molecule has 0 saturated carbocycles. The minimum Gasteiger partial charge on any atom is -0.505 e. The second-order valence-electron chi connectivity index (χ2n) is 5.39. The van der Waals surface area contributed by atoms with Gasteiger partial charge >= 0.3 is 6.18 Å². The van der Waals surface area contributed by atoms with Gasteiger partial charge in [-0.05, 0) is 0 Å². The molecule has 9 heteroatoms. The molecule has 0 radical (unpaired) electrons. The molecule has 126 valence electrons. The number of aromatic hydroxyl groups is 1. The molecule has 0 bridgehead atoms. The van der Waals surface area contributed by atoms with E-state index >= 15 is 0 Å². The SMILES string of the molecule is O=C1CN(C(=O)c2ncc3ccccc3c2O)CN1CC(F)(F)F. The molecule has 1 aliphatic rings. The fourth-order valence-corrected chi connectivity index (χ4v) is 2.54. The molecule has 2 amide bonds. The summed E-state index contributed by atoms with van der Waals surface area (Å²) >= 11 is 0. The van der Waals surface area contributed by atoms with Crippen molar-refractivity contribution in [2.75, 3.05) is 19.8 Å². The van der Waals surface area contributed by atoms with Crippen LogP contribution in [0.4, 0.5) is 13.2 Å². The van der Waals surface area contributed by atoms with Gasteiger partial charge in [0.2, 0.25) is 5.91 Å². The first-order valence-corrected chi connectivity index (χ1v) is 6.97. The van der Waals surface area contributed by atoms with Crippen LogP contribution in [0, 0.1) is 0 Å². The third-order valence-electron chi connectivity index (χ3n) is 3.65. The van der Waals surface area contributed by atoms with Gasteiger partial charge < -0.3 is 14.9 Å². The van der Waals surface area contributed by atoms with Gasteiger partial charge in [0, 0.05) is 17.0 Å². The molecule has 0 unspecified atom stereocenters. The van der Waals surface area contributed by atoms with E-state index in [0.29, 0.717) is 15.7 Å². The van der Waals surface area contributed by atoms with Gasteiger partial charge in [0.15, 0.2) is 11.4 Å². The molecule has 24 heavy (non-hydrogen) atoms. The Labute approximate surface area is 134 Å². The molecule has 1 N–H and O–H groups in total. The number of hydrogen-bond acceptors (Lipinski definition) is 4. The van der Waals surface area contributed by atoms with Crippen LogP contribution in [0.2, 0.25) is 0 Å². The summed E-state index contributed by atoms with van der Waals surface area (Å²) in [6.45, 7) is -2.40. The second kappa shape index (κ2) is 5.66. The van der Waals surface area contributed by atoms with E-state index in [4.69, 9.17) is 0 Å². The predicted octanol–water partition coefficient (Wildman–Crippen LogP) is 1.74. The van der Waals surface area contributed by atoms with Gasteiger partial charge in [-0.25, -0.2) is 4.98 Å². The van der Waals surface area contributed by atoms with E-state index in [-0.39, 0.29) is 11.4 Å². The van der Waals surface area contributed by atoms with Crippen LogP contribution in [-0.2, 0) is 4.79 Å². The number of aromatic nitrogens is 1. The van der Waals surface area contributed by atoms with Crippen molar-refractivity contribution in [2.24, 2.45) is 0 Å². The van der Waals surface area contributed by atoms with E-state index in [2.05, 4.69) is 4.98 Å². The summed E-state index contributed by atoms with van der Waals surface area (Å²) in [5.41, 5.74) is -0.296. The molecule has 0 atom stereocenters. The molecule has 1 aromatic carbocycles. The van der Waals surface area contributed by atoms with Crippen molar-refractivity contribution in [3.8, 4) is 5.75 Å². The lowest BCUT2D eigenvalue weighted by molar-refractivity contribution is -0.157. The highest BCUT2D eigenvalue weighted by Crippen LogP contribution is 2.28. The summed E-state index contributed by atoms with van der Waals surface area (Å²) in [6, 6.07) is 6.69. The van der Waals surface area contributed by atoms with Crippen LogP contribution < -0.4 is 0 Å². The summed E-state index contributed by atoms with van der Waals surface area (Å²) in [5.74, 6) is -1.96. The number of fused-ring (bicyclic) bond motifs is 1. The predicted molar refractivity (Wildman–Crippen MR) is 77.1 cm³/mol. The number of alkyl halides is 3. The third kappa shape index (κ3) is 2.97. The normalized spacial score (nSPS) is 15.4. The number of nitrogens with zero attached hydrogens (tertiary/aromatic N) is 3. The molecule has 0 spiro atoms. The molecule has 6 nitrogen and oxygen atoms in total. The van der Waals surface area contributed by atoms with Crippen molar-refractivity contribution >= 4 is 22.6 Å². The largest absolute Gasteiger partial charge is 0.505 e. The number of benzene rings is 1. The van der Waals surface area contributed by atoms with E-state index in [1.807, 2.05) is 0 Å². The summed E-state index contributed by atoms with van der Waals surface area (Å²) < 4.78 is 37.3. The third-order valence-corrected chi connectivity index (χ3v) is 3.65. The smallest absolute Gasteiger partial charge is 0.406 e. The molecule has 1 fully saturated rings. The van der Waals surface area contributed by atoms with Crippen LogP contribution in [0.5, 0.6) is 5.75 Å². The van der Waals surface area contributed by atoms with E-state index < -0.39 is 37.7 Å². The van der Waals surface area contributed by atoms with Crippen LogP contribution in [0.25, 0.3) is 10.8 Å². The highest BCUT2D eigenvalue weighted by molar-refractivity contribution is 6.03. The van der Waals surface area contributed by atoms with Crippen LogP contribution in [0.1, 0.15) is 10.5 Å². The quantitative estimate of drug-likeness (QED) is 0.905. The standard InChI is InChI=1S/C15H12F3N3O3/c16-15(17,18)7-21-8-20(6-11(21)22)14(24)12-13(23)10-4-2-1-3-9(10)5-19-12/h1-5,23H,6-8H2. The number of hydrogen-bond donors (Lipinski definition) is 1. The van der Waals surface area contributed by atoms with Crippen molar-refractivity contribution in [3.05, 3.63) is 36.2 Å². The molecule has 3 rings (SSSR count). The molecule has 0 aliphatic carbocycles. The Morgan fingerprint density at radius 1 is 1.29 bits per heavy atom. The first kappa shape index (κ1) is 16.0. The lowest BCUT2D eigenvalue weighted by Gasteiger charge is -2.19. The number of rotatable bonds is 2. The Kier molecular flexibility index (Phi) is 3.78. The molecule has 1 aliphatic heterocycles. The van der Waals surface area contributed by atoms with Gasteiger partial charge in [0.25, 0.3) is 5.91 Å². The number of amides is 2. The average Bonchev–Trinajstić information content (AvgIpc) is 2.86. The van der Waals surface area contributed by atoms with Crippen molar-refractivity contribution in [1.82, 2.24) is 14.8 Å². The Balaban J connectivity index is 1.85. The molecule has 1 aromatic heterocycles.